The summed E-state index contributed by atoms with van der Waals surface area (Å²) in [5.74, 6) is 7.24. The number of nitrogens with one attached hydrogen (secondary N) is 4. The third kappa shape index (κ3) is 7.51. The van der Waals surface area contributed by atoms with Crippen LogP contribution in [0.3, 0.4) is 0 Å². The predicted molar refractivity (Wildman–Crippen MR) is 207 cm³/mol. The fourth-order valence-electron chi connectivity index (χ4n) is 7.80. The molecule has 2 saturated heterocycles. The molecule has 5 N–H and O–H groups in total. The number of benzene rings is 3. The number of nitrogens with zero attached hydrogens (tertiary/aromatic N) is 4. The largest absolute Gasteiger partial charge is 0.465 e. The van der Waals surface area contributed by atoms with E-state index in [-0.39, 0.29) is 35.7 Å². The van der Waals surface area contributed by atoms with Crippen molar-refractivity contribution in [3.05, 3.63) is 71.3 Å². The fraction of sp³-hybridized carbons (Fsp3) is 0.415. The number of hydrogen-bond donors (Lipinski definition) is 5. The lowest BCUT2D eigenvalue weighted by Crippen LogP contribution is -2.51. The minimum atomic E-state index is -1.22. The number of carbonyl (C=O) groups is 4. The van der Waals surface area contributed by atoms with Gasteiger partial charge in [-0.1, -0.05) is 51.7 Å². The minimum absolute atomic E-state index is 0.118. The number of rotatable bonds is 8. The number of fused-ring (bicyclic) bond motifs is 4. The van der Waals surface area contributed by atoms with Crippen molar-refractivity contribution in [2.75, 3.05) is 20.2 Å². The van der Waals surface area contributed by atoms with E-state index in [0.29, 0.717) is 18.9 Å². The van der Waals surface area contributed by atoms with E-state index in [1.165, 1.54) is 7.11 Å². The third-order valence-electron chi connectivity index (χ3n) is 10.6. The molecule has 0 radical (unpaired) electrons. The molecule has 4 amide bonds. The van der Waals surface area contributed by atoms with Crippen molar-refractivity contribution in [3.63, 3.8) is 0 Å². The average molecular weight is 747 g/mol. The van der Waals surface area contributed by atoms with E-state index in [1.807, 2.05) is 81.1 Å². The zero-order valence-electron chi connectivity index (χ0n) is 31.6. The van der Waals surface area contributed by atoms with Gasteiger partial charge in [0.25, 0.3) is 0 Å². The van der Waals surface area contributed by atoms with E-state index < -0.39 is 24.3 Å². The summed E-state index contributed by atoms with van der Waals surface area (Å²) in [5.41, 5.74) is 4.90. The molecule has 7 rings (SSSR count). The molecule has 3 aromatic carbocycles. The van der Waals surface area contributed by atoms with Crippen LogP contribution in [0.25, 0.3) is 32.8 Å². The van der Waals surface area contributed by atoms with E-state index in [2.05, 4.69) is 32.4 Å². The molecule has 286 valence electrons. The summed E-state index contributed by atoms with van der Waals surface area (Å²) >= 11 is 0. The summed E-state index contributed by atoms with van der Waals surface area (Å²) in [6.07, 6.45) is 1.28. The van der Waals surface area contributed by atoms with Crippen LogP contribution >= 0.6 is 0 Å². The van der Waals surface area contributed by atoms with Crippen LogP contribution in [0.2, 0.25) is 0 Å². The molecule has 55 heavy (non-hydrogen) atoms. The molecular weight excluding hydrogens is 701 g/mol. The first-order valence-corrected chi connectivity index (χ1v) is 18.8. The highest BCUT2D eigenvalue weighted by molar-refractivity contribution is 6.04. The van der Waals surface area contributed by atoms with Crippen molar-refractivity contribution in [3.8, 4) is 11.8 Å². The average Bonchev–Trinajstić information content (AvgIpc) is 3.99. The molecule has 4 heterocycles. The van der Waals surface area contributed by atoms with Gasteiger partial charge in [-0.2, -0.15) is 0 Å². The van der Waals surface area contributed by atoms with Gasteiger partial charge in [-0.05, 0) is 79.3 Å². The number of alkyl carbamates (subject to hydrolysis) is 1. The van der Waals surface area contributed by atoms with Gasteiger partial charge >= 0.3 is 12.2 Å². The molecule has 14 nitrogen and oxygen atoms in total. The first-order chi connectivity index (χ1) is 26.4. The van der Waals surface area contributed by atoms with Gasteiger partial charge in [-0.25, -0.2) is 19.6 Å². The summed E-state index contributed by atoms with van der Waals surface area (Å²) in [6, 6.07) is 13.8. The van der Waals surface area contributed by atoms with E-state index in [1.54, 1.807) is 4.90 Å². The standard InChI is InChI=1S/C41H46N8O6/c1-22(2)33(46-40(52)53)38(50)48-18-6-8-31(48)36-42-28-16-13-25(21-30(28)44-36)11-10-24-12-15-27-26(20-24)14-17-29-35(27)45-37(43-29)32-9-7-19-49(32)39(51)34(23(3)4)47-41(54)55-5/h12-17,20-23,31-34,46H,6-9,18-19H2,1-5H3,(H,42,44)(H,43,45)(H,47,54)(H,52,53)/t31-,32-,33-,34-/m0/s1. The zero-order chi connectivity index (χ0) is 39.0. The summed E-state index contributed by atoms with van der Waals surface area (Å²) in [7, 11) is 1.29. The van der Waals surface area contributed by atoms with Gasteiger partial charge in [0.15, 0.2) is 0 Å². The number of aromatic amines is 2. The smallest absolute Gasteiger partial charge is 0.407 e. The minimum Gasteiger partial charge on any atom is -0.465 e. The van der Waals surface area contributed by atoms with Crippen LogP contribution in [0.5, 0.6) is 0 Å². The topological polar surface area (TPSA) is 186 Å². The van der Waals surface area contributed by atoms with Crippen molar-refractivity contribution in [2.24, 2.45) is 11.8 Å². The second kappa shape index (κ2) is 15.3. The van der Waals surface area contributed by atoms with Crippen molar-refractivity contribution < 1.29 is 29.0 Å². The van der Waals surface area contributed by atoms with E-state index >= 15 is 0 Å². The molecule has 0 aliphatic carbocycles. The van der Waals surface area contributed by atoms with Crippen LogP contribution in [0.1, 0.15) is 88.2 Å². The Labute approximate surface area is 318 Å². The van der Waals surface area contributed by atoms with Gasteiger partial charge in [0, 0.05) is 29.6 Å². The monoisotopic (exact) mass is 746 g/mol. The van der Waals surface area contributed by atoms with Crippen LogP contribution in [-0.4, -0.2) is 91.1 Å². The quantitative estimate of drug-likeness (QED) is 0.120. The van der Waals surface area contributed by atoms with Gasteiger partial charge in [0.1, 0.15) is 23.7 Å². The molecule has 0 bridgehead atoms. The molecule has 4 atom stereocenters. The molecule has 14 heteroatoms. The van der Waals surface area contributed by atoms with Crippen LogP contribution in [0, 0.1) is 23.7 Å². The molecule has 2 fully saturated rings. The van der Waals surface area contributed by atoms with Gasteiger partial charge in [0.05, 0.1) is 41.3 Å². The summed E-state index contributed by atoms with van der Waals surface area (Å²) in [5, 5.41) is 16.3. The number of carboxylic acid groups (broad SMARTS) is 1. The van der Waals surface area contributed by atoms with Crippen LogP contribution in [0.4, 0.5) is 9.59 Å². The number of carbonyl (C=O) groups excluding carboxylic acids is 3. The van der Waals surface area contributed by atoms with E-state index in [9.17, 15) is 24.3 Å². The number of ether oxygens (including phenoxy) is 1. The van der Waals surface area contributed by atoms with Gasteiger partial charge in [-0.15, -0.1) is 0 Å². The summed E-state index contributed by atoms with van der Waals surface area (Å²) < 4.78 is 4.77. The molecule has 2 aliphatic heterocycles. The second-order valence-electron chi connectivity index (χ2n) is 15.0. The normalized spacial score (nSPS) is 18.2. The Morgan fingerprint density at radius 2 is 1.35 bits per heavy atom. The number of likely N-dealkylation sites (tertiary alicyclic amines) is 2. The van der Waals surface area contributed by atoms with Crippen molar-refractivity contribution in [1.82, 2.24) is 40.4 Å². The third-order valence-corrected chi connectivity index (χ3v) is 10.6. The number of H-pyrrole nitrogens is 2. The second-order valence-corrected chi connectivity index (χ2v) is 15.0. The predicted octanol–water partition coefficient (Wildman–Crippen LogP) is 5.99. The van der Waals surface area contributed by atoms with Gasteiger partial charge < -0.3 is 40.2 Å². The number of hydrogen-bond acceptors (Lipinski definition) is 7. The van der Waals surface area contributed by atoms with Crippen LogP contribution in [-0.2, 0) is 14.3 Å². The first-order valence-electron chi connectivity index (χ1n) is 18.8. The number of imidazole rings is 2. The maximum atomic E-state index is 13.6. The van der Waals surface area contributed by atoms with E-state index in [4.69, 9.17) is 14.7 Å². The molecule has 2 aromatic heterocycles. The Bertz CT molecular complexity index is 2350. The van der Waals surface area contributed by atoms with Crippen LogP contribution < -0.4 is 10.6 Å². The Balaban J connectivity index is 1.09. The number of methoxy groups -OCH3 is 1. The maximum absolute atomic E-state index is 13.6. The Morgan fingerprint density at radius 3 is 1.96 bits per heavy atom. The Kier molecular flexibility index (Phi) is 10.4. The lowest BCUT2D eigenvalue weighted by Gasteiger charge is -2.29. The molecule has 0 spiro atoms. The highest BCUT2D eigenvalue weighted by Gasteiger charge is 2.39. The van der Waals surface area contributed by atoms with Crippen molar-refractivity contribution in [2.45, 2.75) is 77.5 Å². The molecular formula is C41H46N8O6. The van der Waals surface area contributed by atoms with Crippen LogP contribution in [0.15, 0.2) is 48.5 Å². The lowest BCUT2D eigenvalue weighted by atomic mass is 10.0. The molecule has 5 aromatic rings. The summed E-state index contributed by atoms with van der Waals surface area (Å²) in [6.45, 7) is 8.57. The highest BCUT2D eigenvalue weighted by Crippen LogP contribution is 2.35. The van der Waals surface area contributed by atoms with Gasteiger partial charge in [0.2, 0.25) is 11.8 Å². The summed E-state index contributed by atoms with van der Waals surface area (Å²) in [4.78, 5) is 70.6. The molecule has 2 aliphatic rings. The lowest BCUT2D eigenvalue weighted by molar-refractivity contribution is -0.136. The SMILES string of the molecule is COC(=O)N[C@H](C(=O)N1CCC[C@H]1c1nc2c(ccc3cc(C#Cc4ccc5[nH]c([C@@H]6CCCN6C(=O)[C@@H](NC(=O)O)C(C)C)nc5c4)ccc32)[nH]1)C(C)C. The Hall–Kier alpha value is -6.10. The maximum Gasteiger partial charge on any atom is 0.407 e. The zero-order valence-corrected chi connectivity index (χ0v) is 31.6. The fourth-order valence-corrected chi connectivity index (χ4v) is 7.80. The van der Waals surface area contributed by atoms with Gasteiger partial charge in [-0.3, -0.25) is 9.59 Å². The number of amides is 4. The molecule has 0 saturated carbocycles. The number of aromatic nitrogens is 4. The first kappa shape index (κ1) is 37.2. The van der Waals surface area contributed by atoms with Crippen molar-refractivity contribution >= 4 is 56.8 Å². The highest BCUT2D eigenvalue weighted by atomic mass is 16.5. The molecule has 0 unspecified atom stereocenters. The van der Waals surface area contributed by atoms with E-state index in [0.717, 1.165) is 75.5 Å². The Morgan fingerprint density at radius 1 is 0.782 bits per heavy atom. The van der Waals surface area contributed by atoms with Crippen molar-refractivity contribution in [1.29, 1.82) is 0 Å².